The van der Waals surface area contributed by atoms with Gasteiger partial charge in [-0.15, -0.1) is 0 Å². The molecule has 0 aliphatic carbocycles. The van der Waals surface area contributed by atoms with E-state index in [1.54, 1.807) is 0 Å². The number of anilines is 1. The van der Waals surface area contributed by atoms with Gasteiger partial charge in [0.05, 0.1) is 5.69 Å². The summed E-state index contributed by atoms with van der Waals surface area (Å²) in [6.07, 6.45) is 0. The number of nitrogens with zero attached hydrogens (tertiary/aromatic N) is 1. The summed E-state index contributed by atoms with van der Waals surface area (Å²) >= 11 is 0. The third-order valence-corrected chi connectivity index (χ3v) is 3.11. The summed E-state index contributed by atoms with van der Waals surface area (Å²) < 4.78 is 0. The van der Waals surface area contributed by atoms with Crippen molar-refractivity contribution in [3.63, 3.8) is 0 Å². The van der Waals surface area contributed by atoms with Gasteiger partial charge in [-0.3, -0.25) is 4.79 Å². The van der Waals surface area contributed by atoms with Crippen LogP contribution in [0.15, 0.2) is 36.4 Å². The molecule has 2 heteroatoms. The monoisotopic (exact) mass is 211 g/mol. The molecule has 0 spiro atoms. The van der Waals surface area contributed by atoms with Gasteiger partial charge in [0.25, 0.3) is 5.91 Å². The summed E-state index contributed by atoms with van der Waals surface area (Å²) in [6.45, 7) is 4.09. The second-order valence-electron chi connectivity index (χ2n) is 4.45. The molecule has 0 aromatic heterocycles. The highest BCUT2D eigenvalue weighted by atomic mass is 16.2. The van der Waals surface area contributed by atoms with E-state index in [-0.39, 0.29) is 11.9 Å². The molecule has 0 fully saturated rings. The third kappa shape index (κ3) is 1.04. The average molecular weight is 211 g/mol. The topological polar surface area (TPSA) is 20.3 Å². The van der Waals surface area contributed by atoms with Crippen LogP contribution in [0.3, 0.4) is 0 Å². The van der Waals surface area contributed by atoms with E-state index in [4.69, 9.17) is 0 Å². The molecule has 16 heavy (non-hydrogen) atoms. The Balaban J connectivity index is 2.40. The van der Waals surface area contributed by atoms with Gasteiger partial charge in [-0.05, 0) is 31.4 Å². The van der Waals surface area contributed by atoms with Crippen LogP contribution in [0.25, 0.3) is 10.8 Å². The van der Waals surface area contributed by atoms with Crippen LogP contribution in [0.5, 0.6) is 0 Å². The minimum absolute atomic E-state index is 0.127. The van der Waals surface area contributed by atoms with Gasteiger partial charge in [0.1, 0.15) is 0 Å². The van der Waals surface area contributed by atoms with Crippen LogP contribution in [0.1, 0.15) is 24.2 Å². The van der Waals surface area contributed by atoms with E-state index in [0.717, 1.165) is 22.0 Å². The zero-order valence-electron chi connectivity index (χ0n) is 9.40. The molecule has 0 bridgehead atoms. The van der Waals surface area contributed by atoms with Crippen molar-refractivity contribution >= 4 is 22.4 Å². The first-order chi connectivity index (χ1) is 7.70. The number of rotatable bonds is 1. The molecular formula is C14H13NO. The Morgan fingerprint density at radius 2 is 1.75 bits per heavy atom. The first-order valence-corrected chi connectivity index (χ1v) is 5.55. The molecule has 0 atom stereocenters. The summed E-state index contributed by atoms with van der Waals surface area (Å²) in [5, 5.41) is 2.25. The van der Waals surface area contributed by atoms with Gasteiger partial charge < -0.3 is 4.90 Å². The van der Waals surface area contributed by atoms with Gasteiger partial charge in [0.2, 0.25) is 0 Å². The number of benzene rings is 2. The van der Waals surface area contributed by atoms with Crippen LogP contribution in [0, 0.1) is 0 Å². The highest BCUT2D eigenvalue weighted by Crippen LogP contribution is 2.37. The van der Waals surface area contributed by atoms with Gasteiger partial charge in [-0.25, -0.2) is 0 Å². The van der Waals surface area contributed by atoms with Gasteiger partial charge in [0, 0.05) is 17.0 Å². The number of carbonyl (C=O) groups is 1. The van der Waals surface area contributed by atoms with E-state index >= 15 is 0 Å². The first-order valence-electron chi connectivity index (χ1n) is 5.55. The highest BCUT2D eigenvalue weighted by molar-refractivity contribution is 6.25. The van der Waals surface area contributed by atoms with Crippen molar-refractivity contribution in [2.24, 2.45) is 0 Å². The number of carbonyl (C=O) groups excluding carboxylic acids is 1. The van der Waals surface area contributed by atoms with E-state index < -0.39 is 0 Å². The van der Waals surface area contributed by atoms with Gasteiger partial charge >= 0.3 is 0 Å². The normalized spacial score (nSPS) is 14.2. The Bertz CT molecular complexity index is 581. The Labute approximate surface area is 94.5 Å². The summed E-state index contributed by atoms with van der Waals surface area (Å²) in [5.74, 6) is 0.127. The summed E-state index contributed by atoms with van der Waals surface area (Å²) in [7, 11) is 0. The van der Waals surface area contributed by atoms with Crippen molar-refractivity contribution in [1.82, 2.24) is 0 Å². The Morgan fingerprint density at radius 3 is 2.44 bits per heavy atom. The van der Waals surface area contributed by atoms with Crippen LogP contribution >= 0.6 is 0 Å². The fourth-order valence-electron chi connectivity index (χ4n) is 2.45. The number of hydrogen-bond acceptors (Lipinski definition) is 1. The molecule has 2 aromatic rings. The maximum atomic E-state index is 12.2. The minimum atomic E-state index is 0.127. The smallest absolute Gasteiger partial charge is 0.259 e. The van der Waals surface area contributed by atoms with E-state index in [2.05, 4.69) is 12.1 Å². The fraction of sp³-hybridized carbons (Fsp3) is 0.214. The Morgan fingerprint density at radius 1 is 1.06 bits per heavy atom. The lowest BCUT2D eigenvalue weighted by molar-refractivity contribution is 0.0987. The van der Waals surface area contributed by atoms with Crippen LogP contribution in [-0.4, -0.2) is 11.9 Å². The summed E-state index contributed by atoms with van der Waals surface area (Å²) in [5.41, 5.74) is 1.88. The molecule has 0 unspecified atom stereocenters. The van der Waals surface area contributed by atoms with E-state index in [9.17, 15) is 4.79 Å². The second kappa shape index (κ2) is 3.08. The second-order valence-corrected chi connectivity index (χ2v) is 4.45. The molecule has 3 rings (SSSR count). The quantitative estimate of drug-likeness (QED) is 0.709. The molecule has 1 aliphatic heterocycles. The Hall–Kier alpha value is -1.83. The highest BCUT2D eigenvalue weighted by Gasteiger charge is 2.30. The van der Waals surface area contributed by atoms with Crippen molar-refractivity contribution in [1.29, 1.82) is 0 Å². The molecule has 1 aliphatic rings. The molecule has 1 amide bonds. The number of amides is 1. The lowest BCUT2D eigenvalue weighted by Crippen LogP contribution is -2.33. The molecule has 0 N–H and O–H groups in total. The zero-order chi connectivity index (χ0) is 11.3. The lowest BCUT2D eigenvalue weighted by Gasteiger charge is -2.21. The van der Waals surface area contributed by atoms with Gasteiger partial charge in [-0.1, -0.05) is 24.3 Å². The predicted molar refractivity (Wildman–Crippen MR) is 65.9 cm³/mol. The number of hydrogen-bond donors (Lipinski definition) is 0. The molecule has 0 radical (unpaired) electrons. The first kappa shape index (κ1) is 9.40. The SMILES string of the molecule is CC(C)N1C(=O)c2cccc3cccc1c23. The van der Waals surface area contributed by atoms with Crippen molar-refractivity contribution in [3.05, 3.63) is 42.0 Å². The van der Waals surface area contributed by atoms with Crippen molar-refractivity contribution < 1.29 is 4.79 Å². The Kier molecular flexibility index (Phi) is 1.81. The van der Waals surface area contributed by atoms with Crippen molar-refractivity contribution in [2.45, 2.75) is 19.9 Å². The van der Waals surface area contributed by atoms with Gasteiger partial charge in [0.15, 0.2) is 0 Å². The molecule has 80 valence electrons. The van der Waals surface area contributed by atoms with Crippen LogP contribution in [0.4, 0.5) is 5.69 Å². The van der Waals surface area contributed by atoms with E-state index in [0.29, 0.717) is 0 Å². The average Bonchev–Trinajstić information content (AvgIpc) is 2.55. The van der Waals surface area contributed by atoms with E-state index in [1.165, 1.54) is 0 Å². The molecular weight excluding hydrogens is 198 g/mol. The largest absolute Gasteiger partial charge is 0.305 e. The summed E-state index contributed by atoms with van der Waals surface area (Å²) in [6, 6.07) is 12.2. The molecule has 2 nitrogen and oxygen atoms in total. The standard InChI is InChI=1S/C14H13NO/c1-9(2)15-12-8-4-6-10-5-3-7-11(13(10)12)14(15)16/h3-9H,1-2H3. The maximum absolute atomic E-state index is 12.2. The predicted octanol–water partition coefficient (Wildman–Crippen LogP) is 3.21. The van der Waals surface area contributed by atoms with Crippen LogP contribution < -0.4 is 4.90 Å². The molecule has 2 aromatic carbocycles. The van der Waals surface area contributed by atoms with Crippen molar-refractivity contribution in [3.8, 4) is 0 Å². The minimum Gasteiger partial charge on any atom is -0.305 e. The van der Waals surface area contributed by atoms with Crippen LogP contribution in [-0.2, 0) is 0 Å². The zero-order valence-corrected chi connectivity index (χ0v) is 9.40. The fourth-order valence-corrected chi connectivity index (χ4v) is 2.45. The molecule has 1 heterocycles. The lowest BCUT2D eigenvalue weighted by atomic mass is 10.1. The molecule has 0 saturated carbocycles. The van der Waals surface area contributed by atoms with Gasteiger partial charge in [-0.2, -0.15) is 0 Å². The van der Waals surface area contributed by atoms with Crippen LogP contribution in [0.2, 0.25) is 0 Å². The summed E-state index contributed by atoms with van der Waals surface area (Å²) in [4.78, 5) is 14.1. The third-order valence-electron chi connectivity index (χ3n) is 3.11. The maximum Gasteiger partial charge on any atom is 0.259 e. The van der Waals surface area contributed by atoms with Crippen molar-refractivity contribution in [2.75, 3.05) is 4.90 Å². The molecule has 0 saturated heterocycles. The van der Waals surface area contributed by atoms with E-state index in [1.807, 2.05) is 43.0 Å².